The summed E-state index contributed by atoms with van der Waals surface area (Å²) in [5, 5.41) is 2.73. The molecule has 0 aliphatic heterocycles. The van der Waals surface area contributed by atoms with E-state index in [1.54, 1.807) is 24.3 Å². The summed E-state index contributed by atoms with van der Waals surface area (Å²) < 4.78 is 4.95. The van der Waals surface area contributed by atoms with Crippen LogP contribution in [0, 0.1) is 6.92 Å². The van der Waals surface area contributed by atoms with Crippen molar-refractivity contribution in [1.82, 2.24) is 4.98 Å². The monoisotopic (exact) mass is 257 g/mol. The maximum atomic E-state index is 12.1. The molecule has 19 heavy (non-hydrogen) atoms. The molecular weight excluding hydrogens is 242 g/mol. The van der Waals surface area contributed by atoms with Gasteiger partial charge >= 0.3 is 0 Å². The third kappa shape index (κ3) is 3.01. The second kappa shape index (κ2) is 5.39. The van der Waals surface area contributed by atoms with Crippen molar-refractivity contribution in [3.05, 3.63) is 47.7 Å². The van der Waals surface area contributed by atoms with E-state index in [-0.39, 0.29) is 5.91 Å². The van der Waals surface area contributed by atoms with E-state index in [0.29, 0.717) is 22.8 Å². The molecule has 0 saturated heterocycles. The summed E-state index contributed by atoms with van der Waals surface area (Å²) >= 11 is 0. The number of hydrogen-bond donors (Lipinski definition) is 2. The van der Waals surface area contributed by atoms with E-state index in [2.05, 4.69) is 10.3 Å². The van der Waals surface area contributed by atoms with Gasteiger partial charge in [0.2, 0.25) is 5.88 Å². The minimum Gasteiger partial charge on any atom is -0.481 e. The topological polar surface area (TPSA) is 77.2 Å². The third-order valence-electron chi connectivity index (χ3n) is 2.66. The number of nitrogens with two attached hydrogens (primary N) is 1. The number of methoxy groups -OCH3 is 1. The van der Waals surface area contributed by atoms with E-state index < -0.39 is 0 Å². The van der Waals surface area contributed by atoms with Gasteiger partial charge in [0.25, 0.3) is 5.91 Å². The summed E-state index contributed by atoms with van der Waals surface area (Å²) in [6, 6.07) is 8.71. The number of ether oxygens (including phenoxy) is 1. The number of carbonyl (C=O) groups excluding carboxylic acids is 1. The summed E-state index contributed by atoms with van der Waals surface area (Å²) in [6.07, 6.45) is 1.53. The minimum absolute atomic E-state index is 0.260. The van der Waals surface area contributed by atoms with Crippen molar-refractivity contribution in [1.29, 1.82) is 0 Å². The number of rotatable bonds is 3. The molecule has 0 unspecified atom stereocenters. The number of benzene rings is 1. The molecule has 3 N–H and O–H groups in total. The van der Waals surface area contributed by atoms with E-state index in [1.165, 1.54) is 13.3 Å². The van der Waals surface area contributed by atoms with Crippen LogP contribution in [0.15, 0.2) is 36.5 Å². The highest BCUT2D eigenvalue weighted by Gasteiger charge is 2.10. The summed E-state index contributed by atoms with van der Waals surface area (Å²) in [5.74, 6) is 0.234. The molecule has 5 heteroatoms. The molecule has 0 spiro atoms. The molecular formula is C14H15N3O2. The Morgan fingerprint density at radius 3 is 2.68 bits per heavy atom. The fourth-order valence-electron chi connectivity index (χ4n) is 1.66. The molecule has 0 saturated carbocycles. The van der Waals surface area contributed by atoms with Crippen LogP contribution in [0.4, 0.5) is 11.4 Å². The predicted octanol–water partition coefficient (Wildman–Crippen LogP) is 2.23. The van der Waals surface area contributed by atoms with Crippen LogP contribution in [0.5, 0.6) is 5.88 Å². The van der Waals surface area contributed by atoms with E-state index in [4.69, 9.17) is 10.5 Å². The highest BCUT2D eigenvalue weighted by atomic mass is 16.5. The zero-order chi connectivity index (χ0) is 13.8. The molecule has 2 aromatic rings. The Labute approximate surface area is 111 Å². The third-order valence-corrected chi connectivity index (χ3v) is 2.66. The Hall–Kier alpha value is -2.56. The lowest BCUT2D eigenvalue weighted by Gasteiger charge is -2.08. The number of hydrogen-bond acceptors (Lipinski definition) is 4. The molecule has 0 aliphatic rings. The molecule has 0 atom stereocenters. The lowest BCUT2D eigenvalue weighted by Crippen LogP contribution is -2.14. The maximum absolute atomic E-state index is 12.1. The van der Waals surface area contributed by atoms with Crippen LogP contribution in [0.3, 0.4) is 0 Å². The summed E-state index contributed by atoms with van der Waals surface area (Å²) in [6.45, 7) is 1.92. The average Bonchev–Trinajstić information content (AvgIpc) is 2.39. The Morgan fingerprint density at radius 2 is 2.11 bits per heavy atom. The fraction of sp³-hybridized carbons (Fsp3) is 0.143. The number of carbonyl (C=O) groups is 1. The fourth-order valence-corrected chi connectivity index (χ4v) is 1.66. The summed E-state index contributed by atoms with van der Waals surface area (Å²) in [4.78, 5) is 16.1. The molecule has 98 valence electrons. The van der Waals surface area contributed by atoms with Crippen LogP contribution in [0.1, 0.15) is 15.9 Å². The highest BCUT2D eigenvalue weighted by molar-refractivity contribution is 6.07. The highest BCUT2D eigenvalue weighted by Crippen LogP contribution is 2.17. The van der Waals surface area contributed by atoms with Gasteiger partial charge in [0.15, 0.2) is 0 Å². The quantitative estimate of drug-likeness (QED) is 0.827. The second-order valence-corrected chi connectivity index (χ2v) is 4.13. The van der Waals surface area contributed by atoms with Crippen molar-refractivity contribution in [2.24, 2.45) is 0 Å². The van der Waals surface area contributed by atoms with Gasteiger partial charge in [0.05, 0.1) is 24.6 Å². The van der Waals surface area contributed by atoms with Crippen molar-refractivity contribution in [2.75, 3.05) is 18.2 Å². The Kier molecular flexibility index (Phi) is 3.66. The van der Waals surface area contributed by atoms with Crippen LogP contribution in [-0.2, 0) is 0 Å². The van der Waals surface area contributed by atoms with Gasteiger partial charge in [-0.1, -0.05) is 6.07 Å². The van der Waals surface area contributed by atoms with Crippen LogP contribution in [0.25, 0.3) is 0 Å². The molecule has 0 bridgehead atoms. The first kappa shape index (κ1) is 12.9. The van der Waals surface area contributed by atoms with Gasteiger partial charge < -0.3 is 15.8 Å². The van der Waals surface area contributed by atoms with Crippen molar-refractivity contribution >= 4 is 17.3 Å². The largest absolute Gasteiger partial charge is 0.481 e. The predicted molar refractivity (Wildman–Crippen MR) is 74.3 cm³/mol. The smallest absolute Gasteiger partial charge is 0.257 e. The number of nitrogens with zero attached hydrogens (tertiary/aromatic N) is 1. The van der Waals surface area contributed by atoms with Crippen LogP contribution in [0.2, 0.25) is 0 Å². The molecule has 0 fully saturated rings. The molecule has 2 rings (SSSR count). The van der Waals surface area contributed by atoms with E-state index >= 15 is 0 Å². The first-order valence-corrected chi connectivity index (χ1v) is 5.77. The van der Waals surface area contributed by atoms with Gasteiger partial charge in [0, 0.05) is 11.8 Å². The first-order chi connectivity index (χ1) is 9.10. The minimum atomic E-state index is -0.260. The maximum Gasteiger partial charge on any atom is 0.257 e. The molecule has 0 radical (unpaired) electrons. The molecule has 0 aliphatic carbocycles. The number of aromatic nitrogens is 1. The molecule has 5 nitrogen and oxygen atoms in total. The Morgan fingerprint density at radius 1 is 1.32 bits per heavy atom. The number of anilines is 2. The zero-order valence-corrected chi connectivity index (χ0v) is 10.8. The molecule has 1 heterocycles. The zero-order valence-electron chi connectivity index (χ0n) is 10.8. The number of aryl methyl sites for hydroxylation is 1. The van der Waals surface area contributed by atoms with Gasteiger partial charge in [-0.2, -0.15) is 0 Å². The number of amides is 1. The lowest BCUT2D eigenvalue weighted by atomic mass is 10.1. The van der Waals surface area contributed by atoms with Gasteiger partial charge in [-0.05, 0) is 30.7 Å². The SMILES string of the molecule is COc1ccc(NC(=O)c2ccc(C)cc2N)cn1. The van der Waals surface area contributed by atoms with Crippen molar-refractivity contribution in [2.45, 2.75) is 6.92 Å². The van der Waals surface area contributed by atoms with Crippen molar-refractivity contribution in [3.63, 3.8) is 0 Å². The summed E-state index contributed by atoms with van der Waals surface area (Å²) in [7, 11) is 1.54. The molecule has 1 aromatic carbocycles. The standard InChI is InChI=1S/C14H15N3O2/c1-9-3-5-11(12(15)7-9)14(18)17-10-4-6-13(19-2)16-8-10/h3-8H,15H2,1-2H3,(H,17,18). The van der Waals surface area contributed by atoms with Gasteiger partial charge in [-0.15, -0.1) is 0 Å². The summed E-state index contributed by atoms with van der Waals surface area (Å²) in [5.41, 5.74) is 8.33. The molecule has 1 amide bonds. The van der Waals surface area contributed by atoms with E-state index in [9.17, 15) is 4.79 Å². The van der Waals surface area contributed by atoms with Crippen LogP contribution in [-0.4, -0.2) is 18.0 Å². The van der Waals surface area contributed by atoms with E-state index in [1.807, 2.05) is 13.0 Å². The molecule has 1 aromatic heterocycles. The van der Waals surface area contributed by atoms with Gasteiger partial charge in [-0.25, -0.2) is 4.98 Å². The first-order valence-electron chi connectivity index (χ1n) is 5.77. The van der Waals surface area contributed by atoms with Gasteiger partial charge in [-0.3, -0.25) is 4.79 Å². The van der Waals surface area contributed by atoms with Gasteiger partial charge in [0.1, 0.15) is 0 Å². The average molecular weight is 257 g/mol. The second-order valence-electron chi connectivity index (χ2n) is 4.13. The number of nitrogen functional groups attached to an aromatic ring is 1. The lowest BCUT2D eigenvalue weighted by molar-refractivity contribution is 0.102. The number of nitrogens with one attached hydrogen (secondary N) is 1. The van der Waals surface area contributed by atoms with Crippen LogP contribution < -0.4 is 15.8 Å². The normalized spacial score (nSPS) is 10.0. The number of pyridine rings is 1. The Bertz CT molecular complexity index is 594. The van der Waals surface area contributed by atoms with E-state index in [0.717, 1.165) is 5.56 Å². The van der Waals surface area contributed by atoms with Crippen molar-refractivity contribution < 1.29 is 9.53 Å². The Balaban J connectivity index is 2.15. The van der Waals surface area contributed by atoms with Crippen molar-refractivity contribution in [3.8, 4) is 5.88 Å². The van der Waals surface area contributed by atoms with Crippen LogP contribution >= 0.6 is 0 Å².